The van der Waals surface area contributed by atoms with Gasteiger partial charge in [0.25, 0.3) is 0 Å². The zero-order valence-corrected chi connectivity index (χ0v) is 22.4. The van der Waals surface area contributed by atoms with E-state index >= 15 is 0 Å². The number of benzene rings is 3. The lowest BCUT2D eigenvalue weighted by Gasteiger charge is -2.27. The van der Waals surface area contributed by atoms with Gasteiger partial charge in [0, 0.05) is 27.8 Å². The summed E-state index contributed by atoms with van der Waals surface area (Å²) in [6.45, 7) is 4.88. The van der Waals surface area contributed by atoms with E-state index in [-0.39, 0.29) is 11.6 Å². The van der Waals surface area contributed by atoms with E-state index in [0.29, 0.717) is 45.2 Å². The Kier molecular flexibility index (Phi) is 8.62. The summed E-state index contributed by atoms with van der Waals surface area (Å²) in [6.07, 6.45) is 3.75. The molecule has 194 valence electrons. The van der Waals surface area contributed by atoms with E-state index in [1.165, 1.54) is 6.08 Å². The molecule has 1 aliphatic rings. The summed E-state index contributed by atoms with van der Waals surface area (Å²) in [7, 11) is 0. The molecular formula is C30H26Cl2N2O4. The van der Waals surface area contributed by atoms with Crippen molar-refractivity contribution in [3.05, 3.63) is 105 Å². The molecule has 38 heavy (non-hydrogen) atoms. The Bertz CT molecular complexity index is 1460. The van der Waals surface area contributed by atoms with E-state index in [2.05, 4.69) is 19.9 Å². The maximum absolute atomic E-state index is 12.4. The van der Waals surface area contributed by atoms with Crippen LogP contribution in [-0.2, 0) is 4.79 Å². The standard InChI is InChI=1S/C30H26Cl2N2O4/c1-18(2)12-13-36-22-5-3-4-20(14-22)29-24-10-9-23(16-27(24)38-30(34)25(29)17-33)37-28(35)11-7-19-6-8-21(31)15-26(19)32/h3-11,14-16,18,29H,12-13,34H2,1-2H3/b11-7+. The van der Waals surface area contributed by atoms with Crippen LogP contribution in [0.4, 0.5) is 0 Å². The van der Waals surface area contributed by atoms with Crippen LogP contribution in [0.2, 0.25) is 10.0 Å². The molecule has 1 unspecified atom stereocenters. The van der Waals surface area contributed by atoms with Crippen LogP contribution in [0.3, 0.4) is 0 Å². The van der Waals surface area contributed by atoms with Gasteiger partial charge in [0.1, 0.15) is 28.9 Å². The van der Waals surface area contributed by atoms with Crippen molar-refractivity contribution in [3.8, 4) is 23.3 Å². The Morgan fingerprint density at radius 1 is 1.13 bits per heavy atom. The van der Waals surface area contributed by atoms with Crippen LogP contribution in [0, 0.1) is 17.2 Å². The topological polar surface area (TPSA) is 94.6 Å². The first-order valence-electron chi connectivity index (χ1n) is 12.0. The van der Waals surface area contributed by atoms with Crippen molar-refractivity contribution in [1.82, 2.24) is 0 Å². The Hall–Kier alpha value is -3.92. The van der Waals surface area contributed by atoms with Crippen LogP contribution in [0.15, 0.2) is 78.2 Å². The summed E-state index contributed by atoms with van der Waals surface area (Å²) >= 11 is 12.1. The summed E-state index contributed by atoms with van der Waals surface area (Å²) in [6, 6.07) is 19.7. The fourth-order valence-electron chi connectivity index (χ4n) is 3.98. The van der Waals surface area contributed by atoms with Gasteiger partial charge in [0.05, 0.1) is 12.5 Å². The monoisotopic (exact) mass is 548 g/mol. The Morgan fingerprint density at radius 3 is 2.68 bits per heavy atom. The highest BCUT2D eigenvalue weighted by atomic mass is 35.5. The molecule has 0 spiro atoms. The number of hydrogen-bond donors (Lipinski definition) is 1. The molecule has 0 saturated heterocycles. The zero-order valence-electron chi connectivity index (χ0n) is 20.9. The summed E-state index contributed by atoms with van der Waals surface area (Å²) in [5.74, 6) is 0.834. The number of carbonyl (C=O) groups is 1. The highest BCUT2D eigenvalue weighted by molar-refractivity contribution is 6.35. The average Bonchev–Trinajstić information content (AvgIpc) is 2.87. The van der Waals surface area contributed by atoms with E-state index in [9.17, 15) is 10.1 Å². The van der Waals surface area contributed by atoms with Crippen molar-refractivity contribution < 1.29 is 19.0 Å². The van der Waals surface area contributed by atoms with E-state index < -0.39 is 11.9 Å². The Labute approximate surface area is 231 Å². The van der Waals surface area contributed by atoms with Gasteiger partial charge in [-0.2, -0.15) is 5.26 Å². The number of esters is 1. The molecule has 0 bridgehead atoms. The first-order valence-corrected chi connectivity index (χ1v) is 12.8. The maximum Gasteiger partial charge on any atom is 0.336 e. The normalized spacial score (nSPS) is 14.7. The van der Waals surface area contributed by atoms with Crippen LogP contribution in [-0.4, -0.2) is 12.6 Å². The predicted molar refractivity (Wildman–Crippen MR) is 148 cm³/mol. The second kappa shape index (κ2) is 12.1. The van der Waals surface area contributed by atoms with Crippen molar-refractivity contribution in [2.75, 3.05) is 6.61 Å². The summed E-state index contributed by atoms with van der Waals surface area (Å²) in [5.41, 5.74) is 8.61. The highest BCUT2D eigenvalue weighted by Crippen LogP contribution is 2.44. The number of allylic oxidation sites excluding steroid dienone is 1. The molecule has 0 fully saturated rings. The van der Waals surface area contributed by atoms with Gasteiger partial charge in [0.2, 0.25) is 5.88 Å². The molecule has 0 amide bonds. The van der Waals surface area contributed by atoms with Crippen molar-refractivity contribution in [3.63, 3.8) is 0 Å². The molecule has 1 aliphatic heterocycles. The van der Waals surface area contributed by atoms with Crippen molar-refractivity contribution in [2.45, 2.75) is 26.2 Å². The lowest BCUT2D eigenvalue weighted by Crippen LogP contribution is -2.21. The fraction of sp³-hybridized carbons (Fsp3) is 0.200. The fourth-order valence-corrected chi connectivity index (χ4v) is 4.45. The van der Waals surface area contributed by atoms with Gasteiger partial charge < -0.3 is 19.9 Å². The van der Waals surface area contributed by atoms with Crippen molar-refractivity contribution in [1.29, 1.82) is 5.26 Å². The largest absolute Gasteiger partial charge is 0.494 e. The third-order valence-corrected chi connectivity index (χ3v) is 6.49. The number of nitriles is 1. The number of halogens is 2. The van der Waals surface area contributed by atoms with E-state index in [0.717, 1.165) is 17.5 Å². The molecule has 2 N–H and O–H groups in total. The molecule has 0 radical (unpaired) electrons. The third kappa shape index (κ3) is 6.49. The SMILES string of the molecule is CC(C)CCOc1cccc(C2C(C#N)=C(N)Oc3cc(OC(=O)/C=C/c4ccc(Cl)cc4Cl)ccc32)c1. The van der Waals surface area contributed by atoms with Gasteiger partial charge in [0.15, 0.2) is 0 Å². The summed E-state index contributed by atoms with van der Waals surface area (Å²) < 4.78 is 17.1. The first-order chi connectivity index (χ1) is 18.2. The predicted octanol–water partition coefficient (Wildman–Crippen LogP) is 7.26. The molecule has 6 nitrogen and oxygen atoms in total. The summed E-state index contributed by atoms with van der Waals surface area (Å²) in [4.78, 5) is 12.4. The minimum atomic E-state index is -0.601. The van der Waals surface area contributed by atoms with Gasteiger partial charge in [-0.15, -0.1) is 0 Å². The number of nitrogens with two attached hydrogens (primary N) is 1. The number of hydrogen-bond acceptors (Lipinski definition) is 6. The highest BCUT2D eigenvalue weighted by Gasteiger charge is 2.31. The second-order valence-corrected chi connectivity index (χ2v) is 9.99. The third-order valence-electron chi connectivity index (χ3n) is 5.93. The minimum Gasteiger partial charge on any atom is -0.494 e. The number of ether oxygens (including phenoxy) is 3. The number of fused-ring (bicyclic) bond motifs is 1. The number of nitrogens with zero attached hydrogens (tertiary/aromatic N) is 1. The number of rotatable bonds is 8. The average molecular weight is 549 g/mol. The van der Waals surface area contributed by atoms with Crippen LogP contribution in [0.5, 0.6) is 17.2 Å². The molecule has 3 aromatic carbocycles. The quantitative estimate of drug-likeness (QED) is 0.181. The molecule has 0 saturated carbocycles. The van der Waals surface area contributed by atoms with E-state index in [1.54, 1.807) is 42.5 Å². The van der Waals surface area contributed by atoms with Gasteiger partial charge in [-0.1, -0.05) is 61.3 Å². The van der Waals surface area contributed by atoms with Gasteiger partial charge in [-0.05, 0) is 59.9 Å². The van der Waals surface area contributed by atoms with Crippen molar-refractivity contribution in [2.24, 2.45) is 11.7 Å². The van der Waals surface area contributed by atoms with Gasteiger partial charge in [-0.3, -0.25) is 0 Å². The van der Waals surface area contributed by atoms with Crippen LogP contribution in [0.1, 0.15) is 42.9 Å². The van der Waals surface area contributed by atoms with E-state index in [4.69, 9.17) is 43.1 Å². The molecule has 0 aromatic heterocycles. The maximum atomic E-state index is 12.4. The molecule has 1 heterocycles. The van der Waals surface area contributed by atoms with Crippen molar-refractivity contribution >= 4 is 35.2 Å². The number of carbonyl (C=O) groups excluding carboxylic acids is 1. The second-order valence-electron chi connectivity index (χ2n) is 9.15. The Morgan fingerprint density at radius 2 is 1.95 bits per heavy atom. The van der Waals surface area contributed by atoms with Crippen LogP contribution in [0.25, 0.3) is 6.08 Å². The lowest BCUT2D eigenvalue weighted by atomic mass is 9.83. The molecule has 4 rings (SSSR count). The molecular weight excluding hydrogens is 523 g/mol. The first kappa shape index (κ1) is 27.1. The van der Waals surface area contributed by atoms with Gasteiger partial charge >= 0.3 is 5.97 Å². The lowest BCUT2D eigenvalue weighted by molar-refractivity contribution is -0.128. The molecule has 8 heteroatoms. The minimum absolute atomic E-state index is 0.00289. The summed E-state index contributed by atoms with van der Waals surface area (Å²) in [5, 5.41) is 10.8. The van der Waals surface area contributed by atoms with E-state index in [1.807, 2.05) is 24.3 Å². The smallest absolute Gasteiger partial charge is 0.336 e. The zero-order chi connectivity index (χ0) is 27.2. The molecule has 3 aromatic rings. The van der Waals surface area contributed by atoms with Crippen LogP contribution >= 0.6 is 23.2 Å². The Balaban J connectivity index is 1.56. The van der Waals surface area contributed by atoms with Gasteiger partial charge in [-0.25, -0.2) is 4.79 Å². The molecule has 1 atom stereocenters. The van der Waals surface area contributed by atoms with Crippen LogP contribution < -0.4 is 19.9 Å². The molecule has 0 aliphatic carbocycles.